The Labute approximate surface area is 90.9 Å². The van der Waals surface area contributed by atoms with E-state index in [1.165, 1.54) is 18.4 Å². The van der Waals surface area contributed by atoms with Crippen molar-refractivity contribution in [2.45, 2.75) is 25.8 Å². The van der Waals surface area contributed by atoms with Crippen molar-refractivity contribution in [2.24, 2.45) is 5.92 Å². The minimum atomic E-state index is 0.346. The lowest BCUT2D eigenvalue weighted by atomic mass is 10.1. The third-order valence-corrected chi connectivity index (χ3v) is 2.93. The SMILES string of the molecule is CC(NCC1CC1)c1cccc(C#N)c1. The van der Waals surface area contributed by atoms with Crippen LogP contribution in [0, 0.1) is 17.2 Å². The highest BCUT2D eigenvalue weighted by Crippen LogP contribution is 2.28. The van der Waals surface area contributed by atoms with Gasteiger partial charge in [0.25, 0.3) is 0 Å². The third-order valence-electron chi connectivity index (χ3n) is 2.93. The van der Waals surface area contributed by atoms with Crippen molar-refractivity contribution in [1.82, 2.24) is 5.32 Å². The number of hydrogen-bond acceptors (Lipinski definition) is 2. The summed E-state index contributed by atoms with van der Waals surface area (Å²) in [5.41, 5.74) is 1.95. The van der Waals surface area contributed by atoms with Crippen LogP contribution in [0.3, 0.4) is 0 Å². The quantitative estimate of drug-likeness (QED) is 0.811. The number of nitrogens with zero attached hydrogens (tertiary/aromatic N) is 1. The molecular formula is C13H16N2. The normalized spacial score (nSPS) is 17.1. The van der Waals surface area contributed by atoms with Gasteiger partial charge >= 0.3 is 0 Å². The molecule has 1 N–H and O–H groups in total. The van der Waals surface area contributed by atoms with E-state index in [0.717, 1.165) is 18.0 Å². The van der Waals surface area contributed by atoms with Crippen molar-refractivity contribution in [3.05, 3.63) is 35.4 Å². The summed E-state index contributed by atoms with van der Waals surface area (Å²) in [6, 6.07) is 10.3. The van der Waals surface area contributed by atoms with Gasteiger partial charge in [0.2, 0.25) is 0 Å². The fourth-order valence-electron chi connectivity index (χ4n) is 1.66. The molecule has 2 heteroatoms. The maximum atomic E-state index is 8.80. The van der Waals surface area contributed by atoms with Gasteiger partial charge in [-0.2, -0.15) is 5.26 Å². The monoisotopic (exact) mass is 200 g/mol. The molecule has 0 aromatic heterocycles. The van der Waals surface area contributed by atoms with E-state index in [0.29, 0.717) is 6.04 Å². The van der Waals surface area contributed by atoms with E-state index in [1.807, 2.05) is 18.2 Å². The van der Waals surface area contributed by atoms with E-state index >= 15 is 0 Å². The predicted octanol–water partition coefficient (Wildman–Crippen LogP) is 2.62. The molecule has 0 amide bonds. The van der Waals surface area contributed by atoms with Crippen LogP contribution in [0.5, 0.6) is 0 Å². The maximum absolute atomic E-state index is 8.80. The van der Waals surface area contributed by atoms with Crippen LogP contribution in [-0.4, -0.2) is 6.54 Å². The molecule has 1 atom stereocenters. The van der Waals surface area contributed by atoms with Crippen LogP contribution in [0.25, 0.3) is 0 Å². The number of hydrogen-bond donors (Lipinski definition) is 1. The highest BCUT2D eigenvalue weighted by atomic mass is 14.9. The molecule has 0 saturated heterocycles. The number of nitrogens with one attached hydrogen (secondary N) is 1. The van der Waals surface area contributed by atoms with Crippen LogP contribution in [-0.2, 0) is 0 Å². The molecule has 0 aliphatic heterocycles. The lowest BCUT2D eigenvalue weighted by Crippen LogP contribution is -2.21. The average molecular weight is 200 g/mol. The summed E-state index contributed by atoms with van der Waals surface area (Å²) < 4.78 is 0. The van der Waals surface area contributed by atoms with Crippen molar-refractivity contribution in [2.75, 3.05) is 6.54 Å². The Morgan fingerprint density at radius 3 is 3.00 bits per heavy atom. The number of benzene rings is 1. The molecule has 2 nitrogen and oxygen atoms in total. The molecule has 1 aromatic carbocycles. The van der Waals surface area contributed by atoms with Crippen LogP contribution < -0.4 is 5.32 Å². The third kappa shape index (κ3) is 2.81. The summed E-state index contributed by atoms with van der Waals surface area (Å²) in [6.45, 7) is 3.26. The lowest BCUT2D eigenvalue weighted by molar-refractivity contribution is 0.549. The first-order valence-corrected chi connectivity index (χ1v) is 5.53. The number of rotatable bonds is 4. The first-order chi connectivity index (χ1) is 7.29. The van der Waals surface area contributed by atoms with Crippen LogP contribution in [0.1, 0.15) is 36.9 Å². The Hall–Kier alpha value is -1.33. The van der Waals surface area contributed by atoms with E-state index in [4.69, 9.17) is 5.26 Å². The summed E-state index contributed by atoms with van der Waals surface area (Å²) in [6.07, 6.45) is 2.75. The molecule has 15 heavy (non-hydrogen) atoms. The molecule has 1 fully saturated rings. The topological polar surface area (TPSA) is 35.8 Å². The van der Waals surface area contributed by atoms with E-state index < -0.39 is 0 Å². The smallest absolute Gasteiger partial charge is 0.0991 e. The molecule has 0 bridgehead atoms. The van der Waals surface area contributed by atoms with Crippen molar-refractivity contribution in [3.8, 4) is 6.07 Å². The summed E-state index contributed by atoms with van der Waals surface area (Å²) in [5, 5.41) is 12.3. The average Bonchev–Trinajstić information content (AvgIpc) is 3.10. The largest absolute Gasteiger partial charge is 0.310 e. The fourth-order valence-corrected chi connectivity index (χ4v) is 1.66. The molecule has 1 aliphatic rings. The van der Waals surface area contributed by atoms with Crippen LogP contribution in [0.2, 0.25) is 0 Å². The molecule has 1 aliphatic carbocycles. The van der Waals surface area contributed by atoms with Crippen molar-refractivity contribution >= 4 is 0 Å². The molecular weight excluding hydrogens is 184 g/mol. The Morgan fingerprint density at radius 2 is 2.33 bits per heavy atom. The van der Waals surface area contributed by atoms with Gasteiger partial charge < -0.3 is 5.32 Å². The highest BCUT2D eigenvalue weighted by molar-refractivity contribution is 5.33. The maximum Gasteiger partial charge on any atom is 0.0991 e. The van der Waals surface area contributed by atoms with Crippen molar-refractivity contribution < 1.29 is 0 Å². The zero-order chi connectivity index (χ0) is 10.7. The second kappa shape index (κ2) is 4.46. The molecule has 0 heterocycles. The molecule has 78 valence electrons. The van der Waals surface area contributed by atoms with Crippen molar-refractivity contribution in [3.63, 3.8) is 0 Å². The van der Waals surface area contributed by atoms with E-state index in [9.17, 15) is 0 Å². The van der Waals surface area contributed by atoms with Gasteiger partial charge in [-0.3, -0.25) is 0 Å². The molecule has 1 unspecified atom stereocenters. The lowest BCUT2D eigenvalue weighted by Gasteiger charge is -2.13. The Balaban J connectivity index is 1.97. The van der Waals surface area contributed by atoms with Gasteiger partial charge in [-0.05, 0) is 49.9 Å². The van der Waals surface area contributed by atoms with Gasteiger partial charge in [-0.15, -0.1) is 0 Å². The zero-order valence-electron chi connectivity index (χ0n) is 9.03. The predicted molar refractivity (Wildman–Crippen MR) is 60.3 cm³/mol. The van der Waals surface area contributed by atoms with E-state index in [-0.39, 0.29) is 0 Å². The first-order valence-electron chi connectivity index (χ1n) is 5.53. The van der Waals surface area contributed by atoms with Gasteiger partial charge in [-0.25, -0.2) is 0 Å². The van der Waals surface area contributed by atoms with Gasteiger partial charge in [0.1, 0.15) is 0 Å². The second-order valence-corrected chi connectivity index (χ2v) is 4.31. The Bertz CT molecular complexity index is 374. The second-order valence-electron chi connectivity index (χ2n) is 4.31. The van der Waals surface area contributed by atoms with Gasteiger partial charge in [0.05, 0.1) is 11.6 Å². The van der Waals surface area contributed by atoms with Gasteiger partial charge in [0.15, 0.2) is 0 Å². The van der Waals surface area contributed by atoms with Gasteiger partial charge in [0, 0.05) is 6.04 Å². The standard InChI is InChI=1S/C13H16N2/c1-10(15-9-11-5-6-11)13-4-2-3-12(7-13)8-14/h2-4,7,10-11,15H,5-6,9H2,1H3. The minimum absolute atomic E-state index is 0.346. The van der Waals surface area contributed by atoms with E-state index in [2.05, 4.69) is 24.4 Å². The van der Waals surface area contributed by atoms with Crippen LogP contribution in [0.4, 0.5) is 0 Å². The highest BCUT2D eigenvalue weighted by Gasteiger charge is 2.21. The number of nitriles is 1. The van der Waals surface area contributed by atoms with Crippen LogP contribution >= 0.6 is 0 Å². The molecule has 2 rings (SSSR count). The van der Waals surface area contributed by atoms with Gasteiger partial charge in [-0.1, -0.05) is 12.1 Å². The molecule has 1 saturated carbocycles. The first kappa shape index (κ1) is 10.2. The molecule has 0 spiro atoms. The van der Waals surface area contributed by atoms with Crippen molar-refractivity contribution in [1.29, 1.82) is 5.26 Å². The zero-order valence-corrected chi connectivity index (χ0v) is 9.03. The van der Waals surface area contributed by atoms with Crippen LogP contribution in [0.15, 0.2) is 24.3 Å². The summed E-state index contributed by atoms with van der Waals surface area (Å²) in [4.78, 5) is 0. The summed E-state index contributed by atoms with van der Waals surface area (Å²) in [7, 11) is 0. The summed E-state index contributed by atoms with van der Waals surface area (Å²) in [5.74, 6) is 0.895. The Morgan fingerprint density at radius 1 is 1.53 bits per heavy atom. The minimum Gasteiger partial charge on any atom is -0.310 e. The summed E-state index contributed by atoms with van der Waals surface area (Å²) >= 11 is 0. The molecule has 0 radical (unpaired) electrons. The fraction of sp³-hybridized carbons (Fsp3) is 0.462. The molecule has 1 aromatic rings. The Kier molecular flexibility index (Phi) is 3.03. The van der Waals surface area contributed by atoms with E-state index in [1.54, 1.807) is 0 Å².